The van der Waals surface area contributed by atoms with Crippen LogP contribution in [0.1, 0.15) is 23.5 Å². The van der Waals surface area contributed by atoms with E-state index in [0.29, 0.717) is 12.8 Å². The van der Waals surface area contributed by atoms with Crippen LogP contribution in [0.25, 0.3) is 10.8 Å². The Labute approximate surface area is 152 Å². The van der Waals surface area contributed by atoms with Crippen LogP contribution < -0.4 is 11.1 Å². The fourth-order valence-corrected chi connectivity index (χ4v) is 2.93. The van der Waals surface area contributed by atoms with E-state index in [0.717, 1.165) is 33.9 Å². The van der Waals surface area contributed by atoms with Gasteiger partial charge in [0.2, 0.25) is 5.91 Å². The Hall–Kier alpha value is -3.05. The van der Waals surface area contributed by atoms with Gasteiger partial charge in [0.05, 0.1) is 5.92 Å². The van der Waals surface area contributed by atoms with Gasteiger partial charge in [-0.3, -0.25) is 9.78 Å². The lowest BCUT2D eigenvalue weighted by atomic mass is 9.96. The summed E-state index contributed by atoms with van der Waals surface area (Å²) >= 11 is 0. The van der Waals surface area contributed by atoms with Gasteiger partial charge in [0.15, 0.2) is 0 Å². The van der Waals surface area contributed by atoms with Crippen LogP contribution >= 0.6 is 0 Å². The molecule has 0 fully saturated rings. The van der Waals surface area contributed by atoms with Crippen molar-refractivity contribution in [2.75, 3.05) is 11.9 Å². The molecule has 0 saturated carbocycles. The van der Waals surface area contributed by atoms with Gasteiger partial charge < -0.3 is 15.8 Å². The minimum Gasteiger partial charge on any atom is -0.329 e. The van der Waals surface area contributed by atoms with Crippen molar-refractivity contribution in [2.24, 2.45) is 5.73 Å². The van der Waals surface area contributed by atoms with E-state index in [9.17, 15) is 9.59 Å². The highest BCUT2D eigenvalue weighted by molar-refractivity contribution is 5.98. The van der Waals surface area contributed by atoms with E-state index in [1.165, 1.54) is 0 Å². The van der Waals surface area contributed by atoms with Gasteiger partial charge in [-0.15, -0.1) is 0 Å². The van der Waals surface area contributed by atoms with E-state index in [1.807, 2.05) is 48.5 Å². The monoisotopic (exact) mass is 347 g/mol. The highest BCUT2D eigenvalue weighted by Crippen LogP contribution is 2.21. The molecule has 1 atom stereocenters. The van der Waals surface area contributed by atoms with Crippen LogP contribution in [0.2, 0.25) is 0 Å². The third-order valence-corrected chi connectivity index (χ3v) is 4.39. The van der Waals surface area contributed by atoms with Crippen molar-refractivity contribution in [3.05, 3.63) is 72.1 Å². The van der Waals surface area contributed by atoms with E-state index in [1.54, 1.807) is 12.4 Å². The maximum absolute atomic E-state index is 12.7. The Balaban J connectivity index is 1.74. The molecule has 0 spiro atoms. The summed E-state index contributed by atoms with van der Waals surface area (Å²) in [4.78, 5) is 27.2. The highest BCUT2D eigenvalue weighted by Gasteiger charge is 2.19. The fraction of sp³-hybridized carbons (Fsp3) is 0.190. The summed E-state index contributed by atoms with van der Waals surface area (Å²) in [6.07, 6.45) is 5.62. The van der Waals surface area contributed by atoms with Crippen molar-refractivity contribution in [3.63, 3.8) is 0 Å². The molecule has 0 aliphatic carbocycles. The molecule has 3 N–H and O–H groups in total. The highest BCUT2D eigenvalue weighted by atomic mass is 16.1. The fourth-order valence-electron chi connectivity index (χ4n) is 2.93. The predicted octanol–water partition coefficient (Wildman–Crippen LogP) is 3.05. The lowest BCUT2D eigenvalue weighted by Crippen LogP contribution is -2.27. The molecule has 0 aliphatic heterocycles. The number of hydrogen-bond donors (Lipinski definition) is 2. The second-order valence-corrected chi connectivity index (χ2v) is 6.16. The summed E-state index contributed by atoms with van der Waals surface area (Å²) in [6, 6.07) is 15.3. The molecule has 1 aromatic heterocycles. The number of nitrogens with zero attached hydrogens (tertiary/aromatic N) is 1. The third kappa shape index (κ3) is 4.13. The smallest absolute Gasteiger partial charge is 0.233 e. The minimum atomic E-state index is -0.428. The first-order chi connectivity index (χ1) is 12.7. The maximum atomic E-state index is 12.7. The molecule has 0 aliphatic rings. The molecule has 0 bridgehead atoms. The predicted molar refractivity (Wildman–Crippen MR) is 103 cm³/mol. The molecule has 1 amide bonds. The Morgan fingerprint density at radius 3 is 2.65 bits per heavy atom. The van der Waals surface area contributed by atoms with Crippen LogP contribution in [0.4, 0.5) is 5.69 Å². The Bertz CT molecular complexity index is 907. The standard InChI is InChI=1S/C21H21N3O2/c22-13-20(16-5-3-15(4-6-16)2-1-11-25)21(26)24-19-8-7-18-14-23-10-9-17(18)12-19/h3-12,14,20H,1-2,13,22H2,(H,24,26)/t20-/m1/s1. The zero-order chi connectivity index (χ0) is 18.4. The number of fused-ring (bicyclic) bond motifs is 1. The van der Waals surface area contributed by atoms with Crippen molar-refractivity contribution >= 4 is 28.7 Å². The SMILES string of the molecule is NC[C@@H](C(=O)Nc1ccc2cnccc2c1)c1ccc(CCC=O)cc1. The molecule has 2 aromatic carbocycles. The molecule has 0 saturated heterocycles. The quantitative estimate of drug-likeness (QED) is 0.643. The molecule has 1 heterocycles. The topological polar surface area (TPSA) is 85.1 Å². The average molecular weight is 347 g/mol. The van der Waals surface area contributed by atoms with E-state index in [2.05, 4.69) is 10.3 Å². The summed E-state index contributed by atoms with van der Waals surface area (Å²) in [7, 11) is 0. The lowest BCUT2D eigenvalue weighted by molar-refractivity contribution is -0.117. The largest absolute Gasteiger partial charge is 0.329 e. The summed E-state index contributed by atoms with van der Waals surface area (Å²) in [6.45, 7) is 0.219. The van der Waals surface area contributed by atoms with Crippen molar-refractivity contribution in [2.45, 2.75) is 18.8 Å². The maximum Gasteiger partial charge on any atom is 0.233 e. The van der Waals surface area contributed by atoms with Crippen LogP contribution in [-0.4, -0.2) is 23.7 Å². The molecule has 0 unspecified atom stereocenters. The van der Waals surface area contributed by atoms with Gasteiger partial charge in [-0.25, -0.2) is 0 Å². The van der Waals surface area contributed by atoms with Gasteiger partial charge in [0.25, 0.3) is 0 Å². The van der Waals surface area contributed by atoms with Gasteiger partial charge in [-0.1, -0.05) is 30.3 Å². The number of aryl methyl sites for hydroxylation is 1. The van der Waals surface area contributed by atoms with Crippen LogP contribution in [-0.2, 0) is 16.0 Å². The first-order valence-corrected chi connectivity index (χ1v) is 8.58. The van der Waals surface area contributed by atoms with Crippen molar-refractivity contribution in [1.29, 1.82) is 0 Å². The second-order valence-electron chi connectivity index (χ2n) is 6.16. The number of aromatic nitrogens is 1. The summed E-state index contributed by atoms with van der Waals surface area (Å²) in [5.74, 6) is -0.565. The van der Waals surface area contributed by atoms with E-state index in [4.69, 9.17) is 5.73 Å². The number of pyridine rings is 1. The number of aldehydes is 1. The summed E-state index contributed by atoms with van der Waals surface area (Å²) in [5, 5.41) is 4.98. The summed E-state index contributed by atoms with van der Waals surface area (Å²) in [5.41, 5.74) is 8.52. The number of rotatable bonds is 7. The Kier molecular flexibility index (Phi) is 5.71. The van der Waals surface area contributed by atoms with Gasteiger partial charge >= 0.3 is 0 Å². The first kappa shape index (κ1) is 17.8. The molecular weight excluding hydrogens is 326 g/mol. The van der Waals surface area contributed by atoms with E-state index in [-0.39, 0.29) is 12.5 Å². The van der Waals surface area contributed by atoms with Crippen LogP contribution in [0.5, 0.6) is 0 Å². The van der Waals surface area contributed by atoms with E-state index >= 15 is 0 Å². The van der Waals surface area contributed by atoms with Crippen LogP contribution in [0.15, 0.2) is 60.9 Å². The van der Waals surface area contributed by atoms with Gasteiger partial charge in [0, 0.05) is 36.4 Å². The molecule has 3 rings (SSSR count). The molecule has 3 aromatic rings. The van der Waals surface area contributed by atoms with Crippen LogP contribution in [0, 0.1) is 0 Å². The van der Waals surface area contributed by atoms with Gasteiger partial charge in [0.1, 0.15) is 6.29 Å². The van der Waals surface area contributed by atoms with Crippen LogP contribution in [0.3, 0.4) is 0 Å². The average Bonchev–Trinajstić information content (AvgIpc) is 2.68. The van der Waals surface area contributed by atoms with Crippen molar-refractivity contribution in [3.8, 4) is 0 Å². The molecular formula is C21H21N3O2. The number of nitrogens with two attached hydrogens (primary N) is 1. The van der Waals surface area contributed by atoms with Gasteiger partial charge in [-0.05, 0) is 41.1 Å². The zero-order valence-corrected chi connectivity index (χ0v) is 14.4. The molecule has 5 heteroatoms. The third-order valence-electron chi connectivity index (χ3n) is 4.39. The Morgan fingerprint density at radius 1 is 1.12 bits per heavy atom. The first-order valence-electron chi connectivity index (χ1n) is 8.58. The molecule has 132 valence electrons. The van der Waals surface area contributed by atoms with Gasteiger partial charge in [-0.2, -0.15) is 0 Å². The van der Waals surface area contributed by atoms with Crippen molar-refractivity contribution in [1.82, 2.24) is 4.98 Å². The number of hydrogen-bond acceptors (Lipinski definition) is 4. The number of nitrogens with one attached hydrogen (secondary N) is 1. The Morgan fingerprint density at radius 2 is 1.92 bits per heavy atom. The summed E-state index contributed by atoms with van der Waals surface area (Å²) < 4.78 is 0. The number of carbonyl (C=O) groups is 2. The minimum absolute atomic E-state index is 0.137. The molecule has 5 nitrogen and oxygen atoms in total. The molecule has 0 radical (unpaired) electrons. The number of amides is 1. The van der Waals surface area contributed by atoms with E-state index < -0.39 is 5.92 Å². The normalized spacial score (nSPS) is 11.9. The second kappa shape index (κ2) is 8.36. The zero-order valence-electron chi connectivity index (χ0n) is 14.4. The lowest BCUT2D eigenvalue weighted by Gasteiger charge is -2.16. The number of benzene rings is 2. The molecule has 26 heavy (non-hydrogen) atoms. The number of anilines is 1. The van der Waals surface area contributed by atoms with Crippen molar-refractivity contribution < 1.29 is 9.59 Å². The number of carbonyl (C=O) groups excluding carboxylic acids is 2.